The average molecular weight is 584 g/mol. The lowest BCUT2D eigenvalue weighted by molar-refractivity contribution is -0.138. The number of halogens is 8. The SMILES string of the molecule is O.O=C(Nc1cccc(C(F)(F)F)c1)c1ccccc1F.O=C(Nc1cccc(C(F)(F)F)c1)c1ccccc1F. The van der Waals surface area contributed by atoms with Crippen molar-refractivity contribution < 1.29 is 50.2 Å². The molecule has 4 aromatic carbocycles. The molecule has 0 atom stereocenters. The highest BCUT2D eigenvalue weighted by Gasteiger charge is 2.31. The van der Waals surface area contributed by atoms with Gasteiger partial charge in [0.1, 0.15) is 11.6 Å². The van der Waals surface area contributed by atoms with Crippen molar-refractivity contribution in [3.63, 3.8) is 0 Å². The van der Waals surface area contributed by atoms with Crippen molar-refractivity contribution in [2.75, 3.05) is 10.6 Å². The van der Waals surface area contributed by atoms with E-state index in [0.717, 1.165) is 36.4 Å². The van der Waals surface area contributed by atoms with Crippen LogP contribution in [0.5, 0.6) is 0 Å². The highest BCUT2D eigenvalue weighted by Crippen LogP contribution is 2.31. The van der Waals surface area contributed by atoms with Crippen LogP contribution in [0.25, 0.3) is 0 Å². The third-order valence-corrected chi connectivity index (χ3v) is 5.13. The number of benzene rings is 4. The number of nitrogens with one attached hydrogen (secondary N) is 2. The Hall–Kier alpha value is -4.78. The van der Waals surface area contributed by atoms with Gasteiger partial charge >= 0.3 is 12.4 Å². The lowest BCUT2D eigenvalue weighted by Gasteiger charge is -2.10. The van der Waals surface area contributed by atoms with E-state index in [1.165, 1.54) is 60.7 Å². The zero-order valence-corrected chi connectivity index (χ0v) is 20.6. The van der Waals surface area contributed by atoms with E-state index in [1.54, 1.807) is 0 Å². The maximum Gasteiger partial charge on any atom is 0.416 e. The molecule has 0 saturated carbocycles. The summed E-state index contributed by atoms with van der Waals surface area (Å²) < 4.78 is 102. The Morgan fingerprint density at radius 1 is 0.512 bits per heavy atom. The standard InChI is InChI=1S/2C14H9F4NO.H2O/c2*15-12-7-2-1-6-11(12)13(20)19-10-5-3-4-9(8-10)14(16,17)18;/h2*1-8H,(H,19,20);1H2. The Morgan fingerprint density at radius 3 is 1.17 bits per heavy atom. The number of anilines is 2. The molecule has 2 amide bonds. The number of carbonyl (C=O) groups is 2. The van der Waals surface area contributed by atoms with Crippen LogP contribution >= 0.6 is 0 Å². The van der Waals surface area contributed by atoms with Gasteiger partial charge in [0.15, 0.2) is 0 Å². The second-order valence-corrected chi connectivity index (χ2v) is 8.03. The van der Waals surface area contributed by atoms with Crippen LogP contribution in [0.15, 0.2) is 97.1 Å². The summed E-state index contributed by atoms with van der Waals surface area (Å²) in [4.78, 5) is 23.5. The first-order valence-corrected chi connectivity index (χ1v) is 11.2. The minimum absolute atomic E-state index is 0. The van der Waals surface area contributed by atoms with Crippen molar-refractivity contribution in [3.8, 4) is 0 Å². The van der Waals surface area contributed by atoms with E-state index >= 15 is 0 Å². The van der Waals surface area contributed by atoms with Gasteiger partial charge in [0.25, 0.3) is 11.8 Å². The topological polar surface area (TPSA) is 89.7 Å². The molecule has 0 unspecified atom stereocenters. The molecule has 4 N–H and O–H groups in total. The molecule has 0 fully saturated rings. The van der Waals surface area contributed by atoms with E-state index in [2.05, 4.69) is 10.6 Å². The predicted octanol–water partition coefficient (Wildman–Crippen LogP) is 7.37. The summed E-state index contributed by atoms with van der Waals surface area (Å²) in [6.07, 6.45) is -9.00. The third kappa shape index (κ3) is 9.14. The second kappa shape index (κ2) is 13.5. The first-order valence-electron chi connectivity index (χ1n) is 11.2. The van der Waals surface area contributed by atoms with Crippen LogP contribution in [0, 0.1) is 11.6 Å². The largest absolute Gasteiger partial charge is 0.416 e. The van der Waals surface area contributed by atoms with Gasteiger partial charge in [-0.3, -0.25) is 9.59 Å². The van der Waals surface area contributed by atoms with Gasteiger partial charge < -0.3 is 16.1 Å². The van der Waals surface area contributed by atoms with Crippen molar-refractivity contribution in [1.29, 1.82) is 0 Å². The van der Waals surface area contributed by atoms with E-state index in [1.807, 2.05) is 0 Å². The van der Waals surface area contributed by atoms with Crippen molar-refractivity contribution in [2.24, 2.45) is 0 Å². The zero-order valence-electron chi connectivity index (χ0n) is 20.6. The van der Waals surface area contributed by atoms with E-state index in [9.17, 15) is 44.7 Å². The molecule has 41 heavy (non-hydrogen) atoms. The Kier molecular flexibility index (Phi) is 10.7. The van der Waals surface area contributed by atoms with Gasteiger partial charge in [-0.05, 0) is 60.7 Å². The maximum atomic E-state index is 13.4. The van der Waals surface area contributed by atoms with Gasteiger partial charge in [0.05, 0.1) is 22.3 Å². The highest BCUT2D eigenvalue weighted by molar-refractivity contribution is 6.05. The smallest absolute Gasteiger partial charge is 0.412 e. The van der Waals surface area contributed by atoms with Gasteiger partial charge in [-0.25, -0.2) is 8.78 Å². The summed E-state index contributed by atoms with van der Waals surface area (Å²) in [5.41, 5.74) is -2.33. The minimum Gasteiger partial charge on any atom is -0.412 e. The van der Waals surface area contributed by atoms with E-state index < -0.39 is 46.9 Å². The molecule has 0 aliphatic heterocycles. The first-order chi connectivity index (χ1) is 18.8. The van der Waals surface area contributed by atoms with Crippen molar-refractivity contribution >= 4 is 23.2 Å². The van der Waals surface area contributed by atoms with Crippen LogP contribution in [0.3, 0.4) is 0 Å². The molecule has 4 rings (SSSR count). The first kappa shape index (κ1) is 32.4. The summed E-state index contributed by atoms with van der Waals surface area (Å²) in [6, 6.07) is 18.7. The van der Waals surface area contributed by atoms with E-state index in [-0.39, 0.29) is 28.0 Å². The monoisotopic (exact) mass is 584 g/mol. The van der Waals surface area contributed by atoms with Crippen LogP contribution in [0.1, 0.15) is 31.8 Å². The summed E-state index contributed by atoms with van der Waals surface area (Å²) in [6.45, 7) is 0. The predicted molar refractivity (Wildman–Crippen MR) is 135 cm³/mol. The van der Waals surface area contributed by atoms with Gasteiger partial charge in [0, 0.05) is 11.4 Å². The molecule has 0 aliphatic carbocycles. The van der Waals surface area contributed by atoms with Crippen molar-refractivity contribution in [2.45, 2.75) is 12.4 Å². The number of hydrogen-bond acceptors (Lipinski definition) is 2. The molecule has 0 heterocycles. The van der Waals surface area contributed by atoms with Crippen LogP contribution < -0.4 is 10.6 Å². The molecule has 0 aliphatic rings. The molecule has 0 aromatic heterocycles. The summed E-state index contributed by atoms with van der Waals surface area (Å²) >= 11 is 0. The van der Waals surface area contributed by atoms with E-state index in [4.69, 9.17) is 0 Å². The molecule has 0 radical (unpaired) electrons. The summed E-state index contributed by atoms with van der Waals surface area (Å²) in [5.74, 6) is -3.08. The fraction of sp³-hybridized carbons (Fsp3) is 0.0714. The summed E-state index contributed by atoms with van der Waals surface area (Å²) in [5, 5.41) is 4.47. The molecule has 5 nitrogen and oxygen atoms in total. The lowest BCUT2D eigenvalue weighted by atomic mass is 10.1. The number of amides is 2. The number of rotatable bonds is 4. The molecular weight excluding hydrogens is 564 g/mol. The lowest BCUT2D eigenvalue weighted by Crippen LogP contribution is -2.14. The summed E-state index contributed by atoms with van der Waals surface area (Å²) in [7, 11) is 0. The molecular formula is C28H20F8N2O3. The van der Waals surface area contributed by atoms with Gasteiger partial charge in [-0.1, -0.05) is 36.4 Å². The normalized spacial score (nSPS) is 10.9. The number of carbonyl (C=O) groups excluding carboxylic acids is 2. The van der Waals surface area contributed by atoms with Gasteiger partial charge in [-0.2, -0.15) is 26.3 Å². The average Bonchev–Trinajstić information content (AvgIpc) is 2.89. The maximum absolute atomic E-state index is 13.4. The molecule has 0 spiro atoms. The molecule has 13 heteroatoms. The Balaban J connectivity index is 0.000000280. The second-order valence-electron chi connectivity index (χ2n) is 8.03. The van der Waals surface area contributed by atoms with Gasteiger partial charge in [-0.15, -0.1) is 0 Å². The number of hydrogen-bond donors (Lipinski definition) is 2. The van der Waals surface area contributed by atoms with E-state index in [0.29, 0.717) is 0 Å². The van der Waals surface area contributed by atoms with Crippen LogP contribution in [-0.2, 0) is 12.4 Å². The fourth-order valence-corrected chi connectivity index (χ4v) is 3.23. The van der Waals surface area contributed by atoms with Crippen molar-refractivity contribution in [3.05, 3.63) is 131 Å². The van der Waals surface area contributed by atoms with Crippen LogP contribution in [0.4, 0.5) is 46.5 Å². The van der Waals surface area contributed by atoms with Crippen LogP contribution in [-0.4, -0.2) is 17.3 Å². The molecule has 0 saturated heterocycles. The highest BCUT2D eigenvalue weighted by atomic mass is 19.4. The Morgan fingerprint density at radius 2 is 0.854 bits per heavy atom. The third-order valence-electron chi connectivity index (χ3n) is 5.13. The zero-order chi connectivity index (χ0) is 29.5. The Bertz CT molecular complexity index is 1390. The minimum atomic E-state index is -4.50. The molecule has 0 bridgehead atoms. The number of alkyl halides is 6. The van der Waals surface area contributed by atoms with Gasteiger partial charge in [0.2, 0.25) is 0 Å². The van der Waals surface area contributed by atoms with Crippen LogP contribution in [0.2, 0.25) is 0 Å². The van der Waals surface area contributed by atoms with Crippen molar-refractivity contribution in [1.82, 2.24) is 0 Å². The quantitative estimate of drug-likeness (QED) is 0.245. The molecule has 4 aromatic rings. The fourth-order valence-electron chi connectivity index (χ4n) is 3.23. The Labute approximate surface area is 227 Å². The molecule has 216 valence electrons.